The summed E-state index contributed by atoms with van der Waals surface area (Å²) in [6.07, 6.45) is 2.68. The van der Waals surface area contributed by atoms with Gasteiger partial charge in [-0.15, -0.1) is 0 Å². The van der Waals surface area contributed by atoms with E-state index in [-0.39, 0.29) is 27.8 Å². The van der Waals surface area contributed by atoms with E-state index in [1.54, 1.807) is 36.4 Å². The largest absolute Gasteiger partial charge is 0.495 e. The summed E-state index contributed by atoms with van der Waals surface area (Å²) < 4.78 is 77.1. The number of rotatable bonds is 10. The van der Waals surface area contributed by atoms with Crippen molar-refractivity contribution in [1.82, 2.24) is 0 Å². The molecule has 46 heavy (non-hydrogen) atoms. The van der Waals surface area contributed by atoms with E-state index in [4.69, 9.17) is 18.6 Å². The molecule has 0 amide bonds. The molecule has 13 heteroatoms. The van der Waals surface area contributed by atoms with Crippen molar-refractivity contribution in [3.8, 4) is 0 Å². The van der Waals surface area contributed by atoms with Gasteiger partial charge in [0, 0.05) is 11.1 Å². The van der Waals surface area contributed by atoms with Crippen molar-refractivity contribution < 1.29 is 40.2 Å². The molecule has 0 unspecified atom stereocenters. The van der Waals surface area contributed by atoms with Gasteiger partial charge < -0.3 is 18.6 Å². The standard InChI is InChI=1S/C33H44B2O9S2/c1-30(2)31(3,4)42-34(41-30)27-17-21(19-45(37,38)23-11-12-23)9-15-25(27)29(36)26-16-10-22(20-46(39,40)24-13-14-24)18-28(26)35-43-32(5,6)33(7,8)44-35/h9-10,15-18,23-24H,11-14,19-20H2,1-8H3. The Morgan fingerprint density at radius 2 is 0.913 bits per heavy atom. The Kier molecular flexibility index (Phi) is 8.10. The van der Waals surface area contributed by atoms with Crippen LogP contribution in [0.5, 0.6) is 0 Å². The number of benzene rings is 2. The van der Waals surface area contributed by atoms with Gasteiger partial charge in [-0.2, -0.15) is 0 Å². The fourth-order valence-corrected chi connectivity index (χ4v) is 9.32. The summed E-state index contributed by atoms with van der Waals surface area (Å²) in [4.78, 5) is 14.6. The number of carbonyl (C=O) groups is 1. The zero-order valence-electron chi connectivity index (χ0n) is 28.0. The maximum atomic E-state index is 14.6. The molecule has 0 N–H and O–H groups in total. The summed E-state index contributed by atoms with van der Waals surface area (Å²) in [5.74, 6) is -0.633. The van der Waals surface area contributed by atoms with E-state index in [1.807, 2.05) is 55.4 Å². The normalized spacial score (nSPS) is 23.6. The highest BCUT2D eigenvalue weighted by Crippen LogP contribution is 2.39. The van der Waals surface area contributed by atoms with Gasteiger partial charge >= 0.3 is 14.2 Å². The average molecular weight is 670 g/mol. The molecule has 0 aromatic heterocycles. The molecule has 4 fully saturated rings. The molecule has 0 radical (unpaired) electrons. The van der Waals surface area contributed by atoms with Gasteiger partial charge in [0.1, 0.15) is 0 Å². The number of carbonyl (C=O) groups excluding carboxylic acids is 1. The second-order valence-corrected chi connectivity index (χ2v) is 19.9. The lowest BCUT2D eigenvalue weighted by Crippen LogP contribution is -2.41. The Labute approximate surface area is 274 Å². The van der Waals surface area contributed by atoms with Crippen LogP contribution in [0.2, 0.25) is 0 Å². The molecule has 2 saturated heterocycles. The van der Waals surface area contributed by atoms with Gasteiger partial charge in [0.2, 0.25) is 0 Å². The number of sulfone groups is 2. The first-order chi connectivity index (χ1) is 21.1. The average Bonchev–Trinajstić information content (AvgIpc) is 3.83. The van der Waals surface area contributed by atoms with Crippen molar-refractivity contribution in [3.05, 3.63) is 58.7 Å². The van der Waals surface area contributed by atoms with E-state index in [1.165, 1.54) is 0 Å². The first-order valence-electron chi connectivity index (χ1n) is 16.1. The molecule has 2 aliphatic heterocycles. The van der Waals surface area contributed by atoms with Crippen molar-refractivity contribution in [2.24, 2.45) is 0 Å². The Hall–Kier alpha value is -2.02. The third-order valence-corrected chi connectivity index (χ3v) is 15.0. The van der Waals surface area contributed by atoms with E-state index in [9.17, 15) is 21.6 Å². The zero-order valence-corrected chi connectivity index (χ0v) is 29.6. The topological polar surface area (TPSA) is 122 Å². The minimum absolute atomic E-state index is 0.137. The lowest BCUT2D eigenvalue weighted by molar-refractivity contribution is 0.00578. The second kappa shape index (κ2) is 11.0. The van der Waals surface area contributed by atoms with E-state index in [2.05, 4.69) is 0 Å². The van der Waals surface area contributed by atoms with Gasteiger partial charge in [-0.25, -0.2) is 16.8 Å². The second-order valence-electron chi connectivity index (χ2n) is 15.4. The highest BCUT2D eigenvalue weighted by molar-refractivity contribution is 7.91. The predicted octanol–water partition coefficient (Wildman–Crippen LogP) is 3.67. The monoisotopic (exact) mass is 670 g/mol. The molecule has 9 nitrogen and oxygen atoms in total. The van der Waals surface area contributed by atoms with Crippen LogP contribution in [0.25, 0.3) is 0 Å². The summed E-state index contributed by atoms with van der Waals surface area (Å²) in [7, 11) is -8.48. The third-order valence-electron chi connectivity index (χ3n) is 10.5. The van der Waals surface area contributed by atoms with Crippen LogP contribution in [-0.2, 0) is 49.8 Å². The lowest BCUT2D eigenvalue weighted by atomic mass is 9.70. The van der Waals surface area contributed by atoms with Crippen LogP contribution in [0.4, 0.5) is 0 Å². The van der Waals surface area contributed by atoms with Crippen LogP contribution in [0.15, 0.2) is 36.4 Å². The fourth-order valence-electron chi connectivity index (χ4n) is 5.85. The van der Waals surface area contributed by atoms with E-state index in [0.717, 1.165) is 0 Å². The van der Waals surface area contributed by atoms with Crippen molar-refractivity contribution in [2.75, 3.05) is 0 Å². The van der Waals surface area contributed by atoms with E-state index >= 15 is 0 Å². The summed E-state index contributed by atoms with van der Waals surface area (Å²) in [6, 6.07) is 10.0. The molecule has 2 saturated carbocycles. The highest BCUT2D eigenvalue weighted by Gasteiger charge is 2.54. The van der Waals surface area contributed by atoms with Crippen molar-refractivity contribution >= 4 is 50.6 Å². The molecule has 0 spiro atoms. The quantitative estimate of drug-likeness (QED) is 0.275. The highest BCUT2D eigenvalue weighted by atomic mass is 32.2. The van der Waals surface area contributed by atoms with Crippen LogP contribution in [0.1, 0.15) is 108 Å². The predicted molar refractivity (Wildman–Crippen MR) is 179 cm³/mol. The Bertz CT molecular complexity index is 1630. The van der Waals surface area contributed by atoms with Gasteiger partial charge in [0.05, 0.1) is 44.4 Å². The van der Waals surface area contributed by atoms with Crippen molar-refractivity contribution in [3.63, 3.8) is 0 Å². The van der Waals surface area contributed by atoms with Crippen molar-refractivity contribution in [1.29, 1.82) is 0 Å². The molecule has 2 aliphatic carbocycles. The molecule has 2 aromatic rings. The molecule has 2 heterocycles. The van der Waals surface area contributed by atoms with Gasteiger partial charge in [-0.3, -0.25) is 4.79 Å². The van der Waals surface area contributed by atoms with E-state index < -0.39 is 56.3 Å². The van der Waals surface area contributed by atoms with Crippen LogP contribution < -0.4 is 10.9 Å². The maximum Gasteiger partial charge on any atom is 0.495 e. The summed E-state index contributed by atoms with van der Waals surface area (Å²) in [5, 5.41) is -0.641. The first-order valence-corrected chi connectivity index (χ1v) is 19.5. The molecule has 2 aromatic carbocycles. The molecular formula is C33H44B2O9S2. The van der Waals surface area contributed by atoms with Gasteiger partial charge in [-0.05, 0) is 103 Å². The molecule has 0 bridgehead atoms. The Balaban J connectivity index is 1.44. The SMILES string of the molecule is CC1(C)OB(c2cc(CS(=O)(=O)C3CC3)ccc2C(=O)c2ccc(CS(=O)(=O)C3CC3)cc2B2OC(C)(C)C(C)(C)O2)OC1(C)C. The smallest absolute Gasteiger partial charge is 0.399 e. The van der Waals surface area contributed by atoms with Crippen LogP contribution >= 0.6 is 0 Å². The summed E-state index contributed by atoms with van der Waals surface area (Å²) >= 11 is 0. The van der Waals surface area contributed by atoms with Gasteiger partial charge in [-0.1, -0.05) is 36.4 Å². The van der Waals surface area contributed by atoms with Gasteiger partial charge in [0.15, 0.2) is 25.5 Å². The Morgan fingerprint density at radius 3 is 1.20 bits per heavy atom. The molecular weight excluding hydrogens is 626 g/mol. The van der Waals surface area contributed by atoms with Crippen LogP contribution in [0, 0.1) is 0 Å². The van der Waals surface area contributed by atoms with E-state index in [0.29, 0.717) is 58.9 Å². The third kappa shape index (κ3) is 6.28. The molecule has 4 aliphatic rings. The number of hydrogen-bond acceptors (Lipinski definition) is 9. The van der Waals surface area contributed by atoms with Gasteiger partial charge in [0.25, 0.3) is 0 Å². The minimum atomic E-state index is -3.32. The maximum absolute atomic E-state index is 14.6. The summed E-state index contributed by atoms with van der Waals surface area (Å²) in [6.45, 7) is 15.3. The number of ketones is 1. The first kappa shape index (κ1) is 33.9. The van der Waals surface area contributed by atoms with Crippen LogP contribution in [0.3, 0.4) is 0 Å². The molecule has 248 valence electrons. The fraction of sp³-hybridized carbons (Fsp3) is 0.606. The Morgan fingerprint density at radius 1 is 0.609 bits per heavy atom. The van der Waals surface area contributed by atoms with Crippen LogP contribution in [-0.4, -0.2) is 69.8 Å². The lowest BCUT2D eigenvalue weighted by Gasteiger charge is -2.32. The number of hydrogen-bond donors (Lipinski definition) is 0. The summed E-state index contributed by atoms with van der Waals surface area (Å²) in [5.41, 5.74) is -0.218. The zero-order chi connectivity index (χ0) is 33.7. The minimum Gasteiger partial charge on any atom is -0.399 e. The van der Waals surface area contributed by atoms with Crippen molar-refractivity contribution in [2.45, 2.75) is 125 Å². The molecule has 0 atom stereocenters. The molecule has 6 rings (SSSR count).